The normalized spacial score (nSPS) is 14.7. The van der Waals surface area contributed by atoms with E-state index >= 15 is 0 Å². The van der Waals surface area contributed by atoms with Crippen LogP contribution in [0.5, 0.6) is 5.75 Å². The van der Waals surface area contributed by atoms with Crippen molar-refractivity contribution in [2.24, 2.45) is 5.92 Å². The number of benzene rings is 2. The number of aromatic nitrogens is 3. The summed E-state index contributed by atoms with van der Waals surface area (Å²) in [6.45, 7) is 5.05. The molecule has 0 bridgehead atoms. The molecular formula is C30H35N5O2. The van der Waals surface area contributed by atoms with Gasteiger partial charge >= 0.3 is 0 Å². The Hall–Kier alpha value is -3.71. The molecule has 1 N–H and O–H groups in total. The van der Waals surface area contributed by atoms with Crippen LogP contribution in [0, 0.1) is 12.8 Å². The Morgan fingerprint density at radius 2 is 1.89 bits per heavy atom. The van der Waals surface area contributed by atoms with E-state index in [2.05, 4.69) is 37.7 Å². The quantitative estimate of drug-likeness (QED) is 0.380. The Bertz CT molecular complexity index is 1370. The molecule has 0 radical (unpaired) electrons. The number of fused-ring (bicyclic) bond motifs is 1. The van der Waals surface area contributed by atoms with Gasteiger partial charge in [0.15, 0.2) is 5.65 Å². The minimum absolute atomic E-state index is 0.00888. The molecule has 4 aromatic rings. The first-order chi connectivity index (χ1) is 18.0. The topological polar surface area (TPSA) is 71.8 Å². The molecule has 0 spiro atoms. The highest BCUT2D eigenvalue weighted by atomic mass is 16.5. The number of methoxy groups -OCH3 is 1. The molecule has 0 unspecified atom stereocenters. The van der Waals surface area contributed by atoms with Crippen LogP contribution in [-0.2, 0) is 6.42 Å². The van der Waals surface area contributed by atoms with Crippen molar-refractivity contribution in [2.45, 2.75) is 32.6 Å². The fraction of sp³-hybridized carbons (Fsp3) is 0.367. The maximum atomic E-state index is 12.8. The number of likely N-dealkylation sites (tertiary alicyclic amines) is 1. The number of nitrogens with one attached hydrogen (secondary N) is 1. The molecule has 0 atom stereocenters. The third-order valence-electron chi connectivity index (χ3n) is 7.47. The monoisotopic (exact) mass is 497 g/mol. The molecule has 2 aromatic carbocycles. The highest BCUT2D eigenvalue weighted by Crippen LogP contribution is 2.25. The minimum Gasteiger partial charge on any atom is -0.497 e. The number of carbonyl (C=O) groups excluding carboxylic acids is 1. The molecule has 192 valence electrons. The van der Waals surface area contributed by atoms with Gasteiger partial charge in [0, 0.05) is 36.5 Å². The van der Waals surface area contributed by atoms with Crippen molar-refractivity contribution in [3.05, 3.63) is 83.4 Å². The van der Waals surface area contributed by atoms with E-state index in [0.717, 1.165) is 71.1 Å². The van der Waals surface area contributed by atoms with E-state index in [1.807, 2.05) is 61.9 Å². The van der Waals surface area contributed by atoms with Gasteiger partial charge in [-0.15, -0.1) is 0 Å². The van der Waals surface area contributed by atoms with E-state index < -0.39 is 0 Å². The SMILES string of the molecule is COc1ccc(-c2cnc3c(Cc4ccc(C(=O)NCCC5CCN(C)CC5)c(C)c4)nccn23)cc1. The molecule has 1 aliphatic heterocycles. The highest BCUT2D eigenvalue weighted by Gasteiger charge is 2.17. The van der Waals surface area contributed by atoms with Crippen LogP contribution >= 0.6 is 0 Å². The van der Waals surface area contributed by atoms with Gasteiger partial charge in [0.2, 0.25) is 0 Å². The summed E-state index contributed by atoms with van der Waals surface area (Å²) >= 11 is 0. The molecule has 1 fully saturated rings. The summed E-state index contributed by atoms with van der Waals surface area (Å²) in [5, 5.41) is 3.13. The minimum atomic E-state index is 0.00888. The predicted molar refractivity (Wildman–Crippen MR) is 146 cm³/mol. The number of aryl methyl sites for hydroxylation is 1. The lowest BCUT2D eigenvalue weighted by atomic mass is 9.94. The molecule has 3 heterocycles. The van der Waals surface area contributed by atoms with Crippen LogP contribution in [0.4, 0.5) is 0 Å². The van der Waals surface area contributed by atoms with Gasteiger partial charge in [-0.05, 0) is 93.7 Å². The fourth-order valence-electron chi connectivity index (χ4n) is 5.19. The largest absolute Gasteiger partial charge is 0.497 e. The third-order valence-corrected chi connectivity index (χ3v) is 7.47. The zero-order chi connectivity index (χ0) is 25.8. The first-order valence-corrected chi connectivity index (χ1v) is 13.0. The van der Waals surface area contributed by atoms with Gasteiger partial charge in [-0.25, -0.2) is 4.98 Å². The number of imidazole rings is 1. The Labute approximate surface area is 218 Å². The van der Waals surface area contributed by atoms with Gasteiger partial charge in [-0.2, -0.15) is 0 Å². The van der Waals surface area contributed by atoms with Gasteiger partial charge < -0.3 is 15.0 Å². The van der Waals surface area contributed by atoms with Crippen molar-refractivity contribution >= 4 is 11.6 Å². The molecule has 7 nitrogen and oxygen atoms in total. The fourth-order valence-corrected chi connectivity index (χ4v) is 5.19. The lowest BCUT2D eigenvalue weighted by Crippen LogP contribution is -2.32. The summed E-state index contributed by atoms with van der Waals surface area (Å²) in [6, 6.07) is 14.0. The Morgan fingerprint density at radius 1 is 1.11 bits per heavy atom. The smallest absolute Gasteiger partial charge is 0.251 e. The zero-order valence-corrected chi connectivity index (χ0v) is 21.9. The molecule has 2 aromatic heterocycles. The predicted octanol–water partition coefficient (Wildman–Crippen LogP) is 4.77. The number of amides is 1. The molecule has 1 amide bonds. The van der Waals surface area contributed by atoms with Gasteiger partial charge in [-0.1, -0.05) is 12.1 Å². The highest BCUT2D eigenvalue weighted by molar-refractivity contribution is 5.95. The van der Waals surface area contributed by atoms with Crippen molar-refractivity contribution in [2.75, 3.05) is 33.8 Å². The second-order valence-electron chi connectivity index (χ2n) is 10.1. The Balaban J connectivity index is 1.25. The van der Waals surface area contributed by atoms with Crippen LogP contribution in [0.15, 0.2) is 61.1 Å². The maximum Gasteiger partial charge on any atom is 0.251 e. The van der Waals surface area contributed by atoms with E-state index in [1.54, 1.807) is 7.11 Å². The number of carbonyl (C=O) groups is 1. The summed E-state index contributed by atoms with van der Waals surface area (Å²) < 4.78 is 7.35. The van der Waals surface area contributed by atoms with E-state index in [4.69, 9.17) is 4.74 Å². The number of hydrogen-bond donors (Lipinski definition) is 1. The lowest BCUT2D eigenvalue weighted by Gasteiger charge is -2.28. The van der Waals surface area contributed by atoms with Crippen LogP contribution < -0.4 is 10.1 Å². The number of rotatable bonds is 8. The van der Waals surface area contributed by atoms with Crippen molar-refractivity contribution in [1.29, 1.82) is 0 Å². The first-order valence-electron chi connectivity index (χ1n) is 13.0. The van der Waals surface area contributed by atoms with Crippen LogP contribution in [0.3, 0.4) is 0 Å². The molecule has 1 aliphatic rings. The third kappa shape index (κ3) is 5.67. The molecule has 0 aliphatic carbocycles. The second-order valence-corrected chi connectivity index (χ2v) is 10.1. The molecule has 5 rings (SSSR count). The van der Waals surface area contributed by atoms with Crippen LogP contribution in [-0.4, -0.2) is 59.0 Å². The number of ether oxygens (including phenoxy) is 1. The number of hydrogen-bond acceptors (Lipinski definition) is 5. The van der Waals surface area contributed by atoms with Crippen LogP contribution in [0.1, 0.15) is 46.4 Å². The van der Waals surface area contributed by atoms with Gasteiger partial charge in [0.25, 0.3) is 5.91 Å². The van der Waals surface area contributed by atoms with E-state index in [1.165, 1.54) is 12.8 Å². The van der Waals surface area contributed by atoms with Crippen molar-refractivity contribution < 1.29 is 9.53 Å². The first kappa shape index (κ1) is 25.0. The average molecular weight is 498 g/mol. The van der Waals surface area contributed by atoms with E-state index in [-0.39, 0.29) is 5.91 Å². The van der Waals surface area contributed by atoms with Crippen molar-refractivity contribution in [3.63, 3.8) is 0 Å². The van der Waals surface area contributed by atoms with Crippen molar-refractivity contribution in [3.8, 4) is 17.0 Å². The summed E-state index contributed by atoms with van der Waals surface area (Å²) in [5.41, 5.74) is 6.62. The lowest BCUT2D eigenvalue weighted by molar-refractivity contribution is 0.0948. The summed E-state index contributed by atoms with van der Waals surface area (Å²) in [4.78, 5) is 24.5. The molecular weight excluding hydrogens is 462 g/mol. The summed E-state index contributed by atoms with van der Waals surface area (Å²) in [7, 11) is 3.84. The van der Waals surface area contributed by atoms with E-state index in [0.29, 0.717) is 12.3 Å². The van der Waals surface area contributed by atoms with Gasteiger partial charge in [-0.3, -0.25) is 14.2 Å². The number of nitrogens with zero attached hydrogens (tertiary/aromatic N) is 4. The van der Waals surface area contributed by atoms with Crippen molar-refractivity contribution in [1.82, 2.24) is 24.6 Å². The van der Waals surface area contributed by atoms with Crippen LogP contribution in [0.25, 0.3) is 16.9 Å². The van der Waals surface area contributed by atoms with E-state index in [9.17, 15) is 4.79 Å². The molecule has 7 heteroatoms. The molecule has 1 saturated heterocycles. The number of piperidine rings is 1. The average Bonchev–Trinajstić information content (AvgIpc) is 3.35. The zero-order valence-electron chi connectivity index (χ0n) is 21.9. The Kier molecular flexibility index (Phi) is 7.51. The summed E-state index contributed by atoms with van der Waals surface area (Å²) in [5.74, 6) is 1.54. The Morgan fingerprint density at radius 3 is 2.62 bits per heavy atom. The van der Waals surface area contributed by atoms with Crippen LogP contribution in [0.2, 0.25) is 0 Å². The van der Waals surface area contributed by atoms with Gasteiger partial charge in [0.1, 0.15) is 5.75 Å². The molecule has 0 saturated carbocycles. The maximum absolute atomic E-state index is 12.8. The summed E-state index contributed by atoms with van der Waals surface area (Å²) in [6.07, 6.45) is 9.77. The second kappa shape index (κ2) is 11.1. The van der Waals surface area contributed by atoms with Gasteiger partial charge in [0.05, 0.1) is 24.7 Å². The standard InChI is InChI=1S/C30H35N5O2/c1-21-18-23(4-9-26(21)30(36)32-13-10-22-11-15-34(2)16-12-22)19-27-29-33-20-28(35(29)17-14-31-27)24-5-7-25(37-3)8-6-24/h4-9,14,17-18,20,22H,10-13,15-16,19H2,1-3H3,(H,32,36). The molecule has 37 heavy (non-hydrogen) atoms.